The molecule has 0 aromatic rings. The Balaban J connectivity index is 3.66. The van der Waals surface area contributed by atoms with Crippen LogP contribution in [0.4, 0.5) is 0 Å². The van der Waals surface area contributed by atoms with E-state index in [-0.39, 0.29) is 0 Å². The predicted molar refractivity (Wildman–Crippen MR) is 101 cm³/mol. The molecule has 0 heterocycles. The molecule has 0 radical (unpaired) electrons. The lowest BCUT2D eigenvalue weighted by Crippen LogP contribution is -2.28. The molecule has 24 heavy (non-hydrogen) atoms. The zero-order chi connectivity index (χ0) is 18.4. The summed E-state index contributed by atoms with van der Waals surface area (Å²) in [5.41, 5.74) is 0. The van der Waals surface area contributed by atoms with E-state index >= 15 is 0 Å². The zero-order valence-electron chi connectivity index (χ0n) is 15.8. The number of ether oxygens (including phenoxy) is 2. The average Bonchev–Trinajstić information content (AvgIpc) is 2.52. The molecule has 0 aromatic heterocycles. The minimum Gasteiger partial charge on any atom is -0.464 e. The maximum Gasteiger partial charge on any atom is 0.331 e. The molecule has 0 aromatic carbocycles. The summed E-state index contributed by atoms with van der Waals surface area (Å²) in [7, 11) is 0. The highest BCUT2D eigenvalue weighted by Gasteiger charge is 2.26. The molecule has 5 heteroatoms. The zero-order valence-corrected chi connectivity index (χ0v) is 17.4. The van der Waals surface area contributed by atoms with Gasteiger partial charge in [-0.3, -0.25) is 9.59 Å². The summed E-state index contributed by atoms with van der Waals surface area (Å²) in [5, 5.41) is 0. The SMILES string of the molecule is CC(C)CCCCCOC(=O)C(Br)C(=O)OCCCCCC(C)C. The van der Waals surface area contributed by atoms with Crippen molar-refractivity contribution in [3.63, 3.8) is 0 Å². The fraction of sp³-hybridized carbons (Fsp3) is 0.895. The number of hydrogen-bond acceptors (Lipinski definition) is 4. The van der Waals surface area contributed by atoms with Crippen LogP contribution in [-0.2, 0) is 19.1 Å². The summed E-state index contributed by atoms with van der Waals surface area (Å²) >= 11 is 3.06. The standard InChI is InChI=1S/C19H35BrO4/c1-15(2)11-7-5-9-13-23-18(21)17(20)19(22)24-14-10-6-8-12-16(3)4/h15-17H,5-14H2,1-4H3. The van der Waals surface area contributed by atoms with Gasteiger partial charge in [-0.05, 0) is 24.7 Å². The van der Waals surface area contributed by atoms with Gasteiger partial charge in [-0.1, -0.05) is 82.1 Å². The minimum absolute atomic E-state index is 0.363. The van der Waals surface area contributed by atoms with Crippen molar-refractivity contribution in [3.05, 3.63) is 0 Å². The van der Waals surface area contributed by atoms with Gasteiger partial charge in [0.25, 0.3) is 0 Å². The lowest BCUT2D eigenvalue weighted by molar-refractivity contribution is -0.153. The molecule has 0 amide bonds. The average molecular weight is 407 g/mol. The maximum atomic E-state index is 11.8. The molecule has 0 fully saturated rings. The number of alkyl halides is 1. The van der Waals surface area contributed by atoms with E-state index in [2.05, 4.69) is 43.6 Å². The first-order valence-electron chi connectivity index (χ1n) is 9.32. The van der Waals surface area contributed by atoms with Crippen molar-refractivity contribution >= 4 is 27.9 Å². The molecule has 0 spiro atoms. The fourth-order valence-corrected chi connectivity index (χ4v) is 2.52. The molecular formula is C19H35BrO4. The second kappa shape index (κ2) is 14.7. The van der Waals surface area contributed by atoms with Crippen LogP contribution >= 0.6 is 15.9 Å². The van der Waals surface area contributed by atoms with Gasteiger partial charge in [-0.15, -0.1) is 0 Å². The van der Waals surface area contributed by atoms with Crippen LogP contribution in [0.25, 0.3) is 0 Å². The van der Waals surface area contributed by atoms with E-state index in [1.807, 2.05) is 0 Å². The van der Waals surface area contributed by atoms with Crippen molar-refractivity contribution in [2.75, 3.05) is 13.2 Å². The van der Waals surface area contributed by atoms with Crippen LogP contribution in [0.5, 0.6) is 0 Å². The third-order valence-corrected chi connectivity index (χ3v) is 4.50. The van der Waals surface area contributed by atoms with Crippen molar-refractivity contribution in [1.29, 1.82) is 0 Å². The molecule has 0 aliphatic heterocycles. The van der Waals surface area contributed by atoms with E-state index in [4.69, 9.17) is 9.47 Å². The van der Waals surface area contributed by atoms with Crippen LogP contribution in [0.3, 0.4) is 0 Å². The second-order valence-electron chi connectivity index (χ2n) is 7.18. The summed E-state index contributed by atoms with van der Waals surface area (Å²) in [5.74, 6) is 0.312. The third kappa shape index (κ3) is 13.8. The number of unbranched alkanes of at least 4 members (excludes halogenated alkanes) is 4. The van der Waals surface area contributed by atoms with Gasteiger partial charge in [0.1, 0.15) is 0 Å². The molecule has 0 bridgehead atoms. The fourth-order valence-electron chi connectivity index (χ4n) is 2.25. The maximum absolute atomic E-state index is 11.8. The molecule has 142 valence electrons. The number of halogens is 1. The highest BCUT2D eigenvalue weighted by atomic mass is 79.9. The normalized spacial score (nSPS) is 11.3. The first kappa shape index (κ1) is 23.4. The molecule has 0 aliphatic carbocycles. The molecule has 0 rings (SSSR count). The smallest absolute Gasteiger partial charge is 0.331 e. The molecule has 0 unspecified atom stereocenters. The number of carbonyl (C=O) groups is 2. The van der Waals surface area contributed by atoms with Gasteiger partial charge in [0, 0.05) is 0 Å². The van der Waals surface area contributed by atoms with Crippen molar-refractivity contribution in [2.45, 2.75) is 83.9 Å². The van der Waals surface area contributed by atoms with E-state index in [1.54, 1.807) is 0 Å². The van der Waals surface area contributed by atoms with Gasteiger partial charge in [0.15, 0.2) is 0 Å². The molecule has 4 nitrogen and oxygen atoms in total. The van der Waals surface area contributed by atoms with Gasteiger partial charge in [0.2, 0.25) is 4.83 Å². The van der Waals surface area contributed by atoms with Crippen LogP contribution in [0.2, 0.25) is 0 Å². The highest BCUT2D eigenvalue weighted by molar-refractivity contribution is 9.10. The second-order valence-corrected chi connectivity index (χ2v) is 8.10. The van der Waals surface area contributed by atoms with Crippen molar-refractivity contribution in [1.82, 2.24) is 0 Å². The van der Waals surface area contributed by atoms with Gasteiger partial charge < -0.3 is 9.47 Å². The Morgan fingerprint density at radius 3 is 1.42 bits per heavy atom. The molecule has 0 saturated carbocycles. The van der Waals surface area contributed by atoms with Gasteiger partial charge in [-0.25, -0.2) is 0 Å². The quantitative estimate of drug-likeness (QED) is 0.170. The van der Waals surface area contributed by atoms with E-state index in [0.717, 1.165) is 38.5 Å². The van der Waals surface area contributed by atoms with Crippen LogP contribution < -0.4 is 0 Å². The molecule has 0 aliphatic rings. The summed E-state index contributed by atoms with van der Waals surface area (Å²) < 4.78 is 10.2. The van der Waals surface area contributed by atoms with Crippen molar-refractivity contribution in [3.8, 4) is 0 Å². The van der Waals surface area contributed by atoms with Crippen molar-refractivity contribution in [2.24, 2.45) is 11.8 Å². The predicted octanol–water partition coefficient (Wildman–Crippen LogP) is 5.27. The van der Waals surface area contributed by atoms with Crippen LogP contribution in [-0.4, -0.2) is 30.0 Å². The Labute approximate surface area is 156 Å². The van der Waals surface area contributed by atoms with Gasteiger partial charge in [-0.2, -0.15) is 0 Å². The monoisotopic (exact) mass is 406 g/mol. The summed E-state index contributed by atoms with van der Waals surface area (Å²) in [4.78, 5) is 22.5. The Hall–Kier alpha value is -0.580. The Morgan fingerprint density at radius 2 is 1.08 bits per heavy atom. The highest BCUT2D eigenvalue weighted by Crippen LogP contribution is 2.11. The van der Waals surface area contributed by atoms with Crippen LogP contribution in [0, 0.1) is 11.8 Å². The first-order chi connectivity index (χ1) is 11.3. The molecule has 0 saturated heterocycles. The van der Waals surface area contributed by atoms with Crippen molar-refractivity contribution < 1.29 is 19.1 Å². The third-order valence-electron chi connectivity index (χ3n) is 3.75. The largest absolute Gasteiger partial charge is 0.464 e. The molecular weight excluding hydrogens is 372 g/mol. The van der Waals surface area contributed by atoms with Gasteiger partial charge in [0.05, 0.1) is 13.2 Å². The number of rotatable bonds is 14. The topological polar surface area (TPSA) is 52.6 Å². The number of carbonyl (C=O) groups excluding carboxylic acids is 2. The minimum atomic E-state index is -1.01. The van der Waals surface area contributed by atoms with E-state index in [0.29, 0.717) is 25.0 Å². The molecule has 0 N–H and O–H groups in total. The summed E-state index contributed by atoms with van der Waals surface area (Å²) in [6, 6.07) is 0. The number of hydrogen-bond donors (Lipinski definition) is 0. The van der Waals surface area contributed by atoms with Crippen LogP contribution in [0.1, 0.15) is 79.1 Å². The first-order valence-corrected chi connectivity index (χ1v) is 10.2. The molecule has 0 atom stereocenters. The van der Waals surface area contributed by atoms with Crippen LogP contribution in [0.15, 0.2) is 0 Å². The number of esters is 2. The lowest BCUT2D eigenvalue weighted by atomic mass is 10.1. The summed E-state index contributed by atoms with van der Waals surface area (Å²) in [6.07, 6.45) is 8.43. The van der Waals surface area contributed by atoms with Gasteiger partial charge >= 0.3 is 11.9 Å². The summed E-state index contributed by atoms with van der Waals surface area (Å²) in [6.45, 7) is 9.52. The van der Waals surface area contributed by atoms with E-state index < -0.39 is 16.8 Å². The van der Waals surface area contributed by atoms with E-state index in [1.165, 1.54) is 12.8 Å². The Morgan fingerprint density at radius 1 is 0.708 bits per heavy atom. The lowest BCUT2D eigenvalue weighted by Gasteiger charge is -2.11. The van der Waals surface area contributed by atoms with E-state index in [9.17, 15) is 9.59 Å². The Kier molecular flexibility index (Phi) is 14.4. The Bertz CT molecular complexity index is 310.